The molecule has 36 heavy (non-hydrogen) atoms. The van der Waals surface area contributed by atoms with Crippen molar-refractivity contribution in [3.63, 3.8) is 0 Å². The molecular formula is C28H38N6O2. The number of hydrogen-bond donors (Lipinski definition) is 1. The van der Waals surface area contributed by atoms with E-state index in [1.54, 1.807) is 4.90 Å². The van der Waals surface area contributed by atoms with E-state index in [1.165, 1.54) is 37.2 Å². The number of rotatable bonds is 6. The summed E-state index contributed by atoms with van der Waals surface area (Å²) in [4.78, 5) is 37.6. The molecule has 0 radical (unpaired) electrons. The van der Waals surface area contributed by atoms with E-state index in [0.717, 1.165) is 62.1 Å². The number of hydrogen-bond acceptors (Lipinski definition) is 6. The highest BCUT2D eigenvalue weighted by Crippen LogP contribution is 2.33. The van der Waals surface area contributed by atoms with Crippen molar-refractivity contribution in [1.29, 1.82) is 0 Å². The minimum atomic E-state index is -0.318. The van der Waals surface area contributed by atoms with Gasteiger partial charge in [0.1, 0.15) is 0 Å². The minimum Gasteiger partial charge on any atom is -0.371 e. The first kappa shape index (κ1) is 24.6. The number of anilines is 3. The molecular weight excluding hydrogens is 452 g/mol. The van der Waals surface area contributed by atoms with E-state index >= 15 is 0 Å². The van der Waals surface area contributed by atoms with E-state index in [2.05, 4.69) is 50.1 Å². The van der Waals surface area contributed by atoms with Gasteiger partial charge in [-0.3, -0.25) is 24.9 Å². The van der Waals surface area contributed by atoms with Crippen LogP contribution in [0.4, 0.5) is 21.9 Å². The van der Waals surface area contributed by atoms with Crippen molar-refractivity contribution in [3.05, 3.63) is 47.8 Å². The number of nitrogens with zero attached hydrogens (tertiary/aromatic N) is 5. The fourth-order valence-electron chi connectivity index (χ4n) is 5.75. The molecule has 3 aliphatic heterocycles. The minimum absolute atomic E-state index is 0.197. The number of aromatic nitrogens is 1. The molecule has 0 aliphatic carbocycles. The van der Waals surface area contributed by atoms with Gasteiger partial charge in [0.05, 0.1) is 17.6 Å². The van der Waals surface area contributed by atoms with Gasteiger partial charge in [-0.1, -0.05) is 6.07 Å². The largest absolute Gasteiger partial charge is 0.371 e. The van der Waals surface area contributed by atoms with Crippen LogP contribution in [0.25, 0.3) is 0 Å². The lowest BCUT2D eigenvalue weighted by Crippen LogP contribution is -2.50. The zero-order chi connectivity index (χ0) is 25.1. The maximum absolute atomic E-state index is 12.4. The van der Waals surface area contributed by atoms with Crippen molar-refractivity contribution in [3.8, 4) is 0 Å². The third-order valence-electron chi connectivity index (χ3n) is 8.06. The van der Waals surface area contributed by atoms with E-state index < -0.39 is 0 Å². The molecule has 0 bridgehead atoms. The zero-order valence-corrected chi connectivity index (χ0v) is 21.6. The fourth-order valence-corrected chi connectivity index (χ4v) is 5.75. The first-order chi connectivity index (χ1) is 17.5. The molecule has 0 saturated carbocycles. The third-order valence-corrected chi connectivity index (χ3v) is 8.06. The average molecular weight is 491 g/mol. The summed E-state index contributed by atoms with van der Waals surface area (Å²) in [7, 11) is 0. The molecule has 4 heterocycles. The van der Waals surface area contributed by atoms with Crippen LogP contribution in [0.5, 0.6) is 0 Å². The predicted octanol–water partition coefficient (Wildman–Crippen LogP) is 3.57. The maximum Gasteiger partial charge on any atom is 0.328 e. The van der Waals surface area contributed by atoms with E-state index in [4.69, 9.17) is 0 Å². The molecule has 3 saturated heterocycles. The predicted molar refractivity (Wildman–Crippen MR) is 144 cm³/mol. The van der Waals surface area contributed by atoms with E-state index in [-0.39, 0.29) is 11.9 Å². The van der Waals surface area contributed by atoms with Gasteiger partial charge in [0.15, 0.2) is 0 Å². The van der Waals surface area contributed by atoms with Crippen molar-refractivity contribution >= 4 is 29.0 Å². The molecule has 0 spiro atoms. The summed E-state index contributed by atoms with van der Waals surface area (Å²) in [5.41, 5.74) is 5.53. The Labute approximate surface area is 214 Å². The first-order valence-corrected chi connectivity index (χ1v) is 13.3. The Hall–Kier alpha value is -3.13. The van der Waals surface area contributed by atoms with Crippen molar-refractivity contribution < 1.29 is 9.59 Å². The number of piperidine rings is 1. The topological polar surface area (TPSA) is 72.0 Å². The number of aryl methyl sites for hydroxylation is 1. The molecule has 1 aromatic heterocycles. The summed E-state index contributed by atoms with van der Waals surface area (Å²) in [6.07, 6.45) is 6.02. The van der Waals surface area contributed by atoms with Gasteiger partial charge >= 0.3 is 6.03 Å². The highest BCUT2D eigenvalue weighted by atomic mass is 16.2. The van der Waals surface area contributed by atoms with Crippen LogP contribution < -0.4 is 20.0 Å². The molecule has 0 unspecified atom stereocenters. The van der Waals surface area contributed by atoms with Crippen molar-refractivity contribution in [2.24, 2.45) is 5.92 Å². The summed E-state index contributed by atoms with van der Waals surface area (Å²) >= 11 is 0. The molecule has 3 amide bonds. The highest BCUT2D eigenvalue weighted by Gasteiger charge is 2.28. The number of carbonyl (C=O) groups excluding carboxylic acids is 2. The van der Waals surface area contributed by atoms with Crippen molar-refractivity contribution in [2.45, 2.75) is 39.5 Å². The Bertz CT molecular complexity index is 1070. The van der Waals surface area contributed by atoms with Gasteiger partial charge < -0.3 is 9.80 Å². The average Bonchev–Trinajstić information content (AvgIpc) is 2.89. The monoisotopic (exact) mass is 490 g/mol. The zero-order valence-electron chi connectivity index (χ0n) is 21.6. The molecule has 8 heteroatoms. The lowest BCUT2D eigenvalue weighted by Gasteiger charge is -2.38. The van der Waals surface area contributed by atoms with Crippen molar-refractivity contribution in [2.75, 3.05) is 67.1 Å². The number of amides is 3. The normalized spacial score (nSPS) is 20.1. The Balaban J connectivity index is 1.09. The summed E-state index contributed by atoms with van der Waals surface area (Å²) in [5.74, 6) is 0.570. The van der Waals surface area contributed by atoms with Crippen LogP contribution in [0, 0.1) is 19.8 Å². The van der Waals surface area contributed by atoms with Gasteiger partial charge in [0.25, 0.3) is 0 Å². The van der Waals surface area contributed by atoms with Gasteiger partial charge in [-0.25, -0.2) is 4.79 Å². The summed E-state index contributed by atoms with van der Waals surface area (Å²) in [6, 6.07) is 10.1. The second-order valence-corrected chi connectivity index (χ2v) is 10.4. The number of benzene rings is 1. The lowest BCUT2D eigenvalue weighted by molar-refractivity contribution is -0.120. The van der Waals surface area contributed by atoms with Gasteiger partial charge in [-0.05, 0) is 75.4 Å². The summed E-state index contributed by atoms with van der Waals surface area (Å²) < 4.78 is 0. The number of carbonyl (C=O) groups is 2. The van der Waals surface area contributed by atoms with E-state index in [1.807, 2.05) is 25.3 Å². The number of pyridine rings is 1. The van der Waals surface area contributed by atoms with Crippen LogP contribution >= 0.6 is 0 Å². The van der Waals surface area contributed by atoms with E-state index in [9.17, 15) is 9.59 Å². The quantitative estimate of drug-likeness (QED) is 0.668. The first-order valence-electron chi connectivity index (χ1n) is 13.3. The molecule has 192 valence electrons. The summed E-state index contributed by atoms with van der Waals surface area (Å²) in [6.45, 7) is 12.2. The number of nitrogens with one attached hydrogen (secondary N) is 1. The number of urea groups is 1. The van der Waals surface area contributed by atoms with Gasteiger partial charge in [-0.15, -0.1) is 0 Å². The number of piperazine rings is 1. The Kier molecular flexibility index (Phi) is 7.41. The molecule has 8 nitrogen and oxygen atoms in total. The van der Waals surface area contributed by atoms with Crippen molar-refractivity contribution in [1.82, 2.24) is 15.2 Å². The van der Waals surface area contributed by atoms with Crippen LogP contribution in [0.15, 0.2) is 36.5 Å². The fraction of sp³-hybridized carbons (Fsp3) is 0.536. The van der Waals surface area contributed by atoms with Crippen LogP contribution in [0.1, 0.15) is 36.9 Å². The Morgan fingerprint density at radius 1 is 0.889 bits per heavy atom. The Morgan fingerprint density at radius 2 is 1.64 bits per heavy atom. The summed E-state index contributed by atoms with van der Waals surface area (Å²) in [5, 5.41) is 2.44. The highest BCUT2D eigenvalue weighted by molar-refractivity contribution is 6.06. The standard InChI is InChI=1S/C28H38N6O2/c1-21-6-7-24(20-29-21)32-18-16-31(17-19-32)12-8-23-9-13-33(14-10-23)25-4-3-5-26(22(25)2)34-15-11-27(35)30-28(34)36/h3-7,20,23H,8-19H2,1-2H3,(H,30,35,36). The second-order valence-electron chi connectivity index (χ2n) is 10.4. The van der Waals surface area contributed by atoms with Crippen LogP contribution in [-0.2, 0) is 4.79 Å². The Morgan fingerprint density at radius 3 is 2.33 bits per heavy atom. The van der Waals surface area contributed by atoms with Gasteiger partial charge in [0.2, 0.25) is 5.91 Å². The van der Waals surface area contributed by atoms with E-state index in [0.29, 0.717) is 13.0 Å². The molecule has 1 aromatic carbocycles. The smallest absolute Gasteiger partial charge is 0.328 e. The molecule has 1 N–H and O–H groups in total. The molecule has 0 atom stereocenters. The molecule has 5 rings (SSSR count). The third kappa shape index (κ3) is 5.48. The SMILES string of the molecule is Cc1ccc(N2CCN(CCC3CCN(c4cccc(N5CCC(=O)NC5=O)c4C)CC3)CC2)cn1. The van der Waals surface area contributed by atoms with Crippen LogP contribution in [0.2, 0.25) is 0 Å². The van der Waals surface area contributed by atoms with Gasteiger partial charge in [-0.2, -0.15) is 0 Å². The van der Waals surface area contributed by atoms with Crippen LogP contribution in [0.3, 0.4) is 0 Å². The van der Waals surface area contributed by atoms with Gasteiger partial charge in [0, 0.05) is 63.6 Å². The molecule has 3 aliphatic rings. The lowest BCUT2D eigenvalue weighted by atomic mass is 9.92. The molecule has 3 fully saturated rings. The second kappa shape index (κ2) is 10.9. The number of imide groups is 1. The maximum atomic E-state index is 12.4. The molecule has 2 aromatic rings. The van der Waals surface area contributed by atoms with Crippen LogP contribution in [-0.4, -0.2) is 74.2 Å².